The van der Waals surface area contributed by atoms with E-state index in [4.69, 9.17) is 0 Å². The molecule has 0 amide bonds. The smallest absolute Gasteiger partial charge is 0.385 e. The summed E-state index contributed by atoms with van der Waals surface area (Å²) in [7, 11) is 0. The first-order chi connectivity index (χ1) is 8.54. The number of hydrogen-bond acceptors (Lipinski definition) is 1. The molecule has 1 rings (SSSR count). The second kappa shape index (κ2) is 5.40. The monoisotopic (exact) mass is 286 g/mol. The molecule has 0 aromatic heterocycles. The lowest BCUT2D eigenvalue weighted by atomic mass is 9.90. The first kappa shape index (κ1) is 15.8. The molecule has 0 fully saturated rings. The number of halogens is 6. The first-order valence-electron chi connectivity index (χ1n) is 5.48. The molecule has 0 aliphatic rings. The highest BCUT2D eigenvalue weighted by Gasteiger charge is 2.32. The maximum atomic E-state index is 13.4. The van der Waals surface area contributed by atoms with E-state index in [-0.39, 0.29) is 0 Å². The van der Waals surface area contributed by atoms with E-state index in [9.17, 15) is 31.4 Å². The van der Waals surface area contributed by atoms with Gasteiger partial charge in [-0.25, -0.2) is 13.2 Å². The molecule has 0 aliphatic carbocycles. The summed E-state index contributed by atoms with van der Waals surface area (Å²) in [5.41, 5.74) is -2.56. The lowest BCUT2D eigenvalue weighted by Gasteiger charge is -2.24. The van der Waals surface area contributed by atoms with E-state index in [1.54, 1.807) is 0 Å². The highest BCUT2D eigenvalue weighted by molar-refractivity contribution is 5.25. The number of hydrogen-bond donors (Lipinski definition) is 1. The summed E-state index contributed by atoms with van der Waals surface area (Å²) in [5.74, 6) is -4.77. The van der Waals surface area contributed by atoms with Crippen molar-refractivity contribution in [2.24, 2.45) is 0 Å². The van der Waals surface area contributed by atoms with Crippen LogP contribution >= 0.6 is 0 Å². The normalized spacial score (nSPS) is 15.4. The Morgan fingerprint density at radius 3 is 2.11 bits per heavy atom. The predicted octanol–water partition coefficient (Wildman–Crippen LogP) is 4.04. The van der Waals surface area contributed by atoms with Crippen LogP contribution in [-0.2, 0) is 5.60 Å². The molecule has 1 aromatic carbocycles. The molecular formula is C12H12F6O. The highest BCUT2D eigenvalue weighted by Crippen LogP contribution is 2.32. The van der Waals surface area contributed by atoms with Gasteiger partial charge in [0.1, 0.15) is 0 Å². The molecule has 0 saturated carbocycles. The van der Waals surface area contributed by atoms with Crippen LogP contribution in [0.5, 0.6) is 0 Å². The van der Waals surface area contributed by atoms with E-state index in [1.165, 1.54) is 0 Å². The fourth-order valence-corrected chi connectivity index (χ4v) is 1.71. The van der Waals surface area contributed by atoms with Gasteiger partial charge in [-0.1, -0.05) is 6.07 Å². The third-order valence-electron chi connectivity index (χ3n) is 2.74. The van der Waals surface area contributed by atoms with Crippen molar-refractivity contribution in [2.75, 3.05) is 0 Å². The summed E-state index contributed by atoms with van der Waals surface area (Å²) in [6.45, 7) is 1.05. The van der Waals surface area contributed by atoms with Crippen molar-refractivity contribution in [1.29, 1.82) is 0 Å². The van der Waals surface area contributed by atoms with Crippen LogP contribution in [0.4, 0.5) is 26.3 Å². The number of aliphatic hydroxyl groups is 1. The minimum absolute atomic E-state index is 0.422. The Morgan fingerprint density at radius 2 is 1.58 bits per heavy atom. The molecule has 1 nitrogen and oxygen atoms in total. The molecule has 7 heteroatoms. The second-order valence-corrected chi connectivity index (χ2v) is 4.47. The van der Waals surface area contributed by atoms with Gasteiger partial charge >= 0.3 is 6.18 Å². The zero-order valence-electron chi connectivity index (χ0n) is 9.99. The van der Waals surface area contributed by atoms with Crippen LogP contribution in [0.25, 0.3) is 0 Å². The molecule has 0 saturated heterocycles. The maximum absolute atomic E-state index is 13.4. The van der Waals surface area contributed by atoms with E-state index < -0.39 is 54.1 Å². The third-order valence-corrected chi connectivity index (χ3v) is 2.74. The summed E-state index contributed by atoms with van der Waals surface area (Å²) >= 11 is 0. The standard InChI is InChI=1S/C12H12F6O/c1-11(19,5-2-6-12(16,17)18)7-3-4-8(13)10(15)9(7)14/h3-4,19H,2,5-6H2,1H3. The van der Waals surface area contributed by atoms with E-state index >= 15 is 0 Å². The molecule has 0 aliphatic heterocycles. The largest absolute Gasteiger partial charge is 0.389 e. The van der Waals surface area contributed by atoms with Gasteiger partial charge in [-0.05, 0) is 25.8 Å². The molecular weight excluding hydrogens is 274 g/mol. The van der Waals surface area contributed by atoms with Crippen LogP contribution in [-0.4, -0.2) is 11.3 Å². The van der Waals surface area contributed by atoms with Crippen molar-refractivity contribution in [3.63, 3.8) is 0 Å². The lowest BCUT2D eigenvalue weighted by molar-refractivity contribution is -0.137. The summed E-state index contributed by atoms with van der Waals surface area (Å²) in [6.07, 6.45) is -6.40. The fourth-order valence-electron chi connectivity index (χ4n) is 1.71. The second-order valence-electron chi connectivity index (χ2n) is 4.47. The SMILES string of the molecule is CC(O)(CCCC(F)(F)F)c1ccc(F)c(F)c1F. The van der Waals surface area contributed by atoms with E-state index in [0.29, 0.717) is 6.07 Å². The summed E-state index contributed by atoms with van der Waals surface area (Å²) in [4.78, 5) is 0. The molecule has 1 atom stereocenters. The van der Waals surface area contributed by atoms with Crippen molar-refractivity contribution >= 4 is 0 Å². The zero-order valence-corrected chi connectivity index (χ0v) is 9.99. The number of alkyl halides is 3. The quantitative estimate of drug-likeness (QED) is 0.654. The van der Waals surface area contributed by atoms with Gasteiger partial charge in [0.25, 0.3) is 0 Å². The van der Waals surface area contributed by atoms with Crippen LogP contribution in [0.3, 0.4) is 0 Å². The molecule has 0 bridgehead atoms. The van der Waals surface area contributed by atoms with Gasteiger partial charge in [-0.3, -0.25) is 0 Å². The van der Waals surface area contributed by atoms with Crippen LogP contribution < -0.4 is 0 Å². The van der Waals surface area contributed by atoms with Crippen LogP contribution in [0.2, 0.25) is 0 Å². The van der Waals surface area contributed by atoms with E-state index in [0.717, 1.165) is 13.0 Å². The molecule has 0 radical (unpaired) electrons. The summed E-state index contributed by atoms with van der Waals surface area (Å²) in [6, 6.07) is 1.44. The topological polar surface area (TPSA) is 20.2 Å². The Hall–Kier alpha value is -1.24. The fraction of sp³-hybridized carbons (Fsp3) is 0.500. The average molecular weight is 286 g/mol. The third kappa shape index (κ3) is 4.12. The van der Waals surface area contributed by atoms with Crippen molar-refractivity contribution in [2.45, 2.75) is 38.0 Å². The summed E-state index contributed by atoms with van der Waals surface area (Å²) in [5, 5.41) is 9.88. The van der Waals surface area contributed by atoms with E-state index in [2.05, 4.69) is 0 Å². The van der Waals surface area contributed by atoms with Gasteiger partial charge in [-0.15, -0.1) is 0 Å². The van der Waals surface area contributed by atoms with Gasteiger partial charge in [-0.2, -0.15) is 13.2 Å². The number of benzene rings is 1. The first-order valence-corrected chi connectivity index (χ1v) is 5.48. The Kier molecular flexibility index (Phi) is 4.50. The van der Waals surface area contributed by atoms with Crippen molar-refractivity contribution in [3.8, 4) is 0 Å². The Labute approximate surface area is 105 Å². The van der Waals surface area contributed by atoms with Crippen molar-refractivity contribution < 1.29 is 31.4 Å². The van der Waals surface area contributed by atoms with Crippen LogP contribution in [0.15, 0.2) is 12.1 Å². The minimum Gasteiger partial charge on any atom is -0.385 e. The van der Waals surface area contributed by atoms with Crippen LogP contribution in [0.1, 0.15) is 31.7 Å². The zero-order chi connectivity index (χ0) is 14.8. The summed E-state index contributed by atoms with van der Waals surface area (Å²) < 4.78 is 75.0. The minimum atomic E-state index is -4.39. The van der Waals surface area contributed by atoms with Gasteiger partial charge in [0.2, 0.25) is 0 Å². The Balaban J connectivity index is 2.86. The molecule has 1 N–H and O–H groups in total. The average Bonchev–Trinajstić information content (AvgIpc) is 2.23. The van der Waals surface area contributed by atoms with E-state index in [1.807, 2.05) is 0 Å². The van der Waals surface area contributed by atoms with Crippen molar-refractivity contribution in [3.05, 3.63) is 35.1 Å². The Bertz CT molecular complexity index is 452. The molecule has 19 heavy (non-hydrogen) atoms. The van der Waals surface area contributed by atoms with Gasteiger partial charge in [0.15, 0.2) is 17.5 Å². The van der Waals surface area contributed by atoms with Gasteiger partial charge in [0, 0.05) is 12.0 Å². The van der Waals surface area contributed by atoms with Crippen LogP contribution in [0, 0.1) is 17.5 Å². The molecule has 108 valence electrons. The van der Waals surface area contributed by atoms with Gasteiger partial charge < -0.3 is 5.11 Å². The number of rotatable bonds is 4. The lowest BCUT2D eigenvalue weighted by Crippen LogP contribution is -2.24. The molecule has 1 aromatic rings. The van der Waals surface area contributed by atoms with Crippen molar-refractivity contribution in [1.82, 2.24) is 0 Å². The highest BCUT2D eigenvalue weighted by atomic mass is 19.4. The molecule has 1 unspecified atom stereocenters. The molecule has 0 spiro atoms. The van der Waals surface area contributed by atoms with Gasteiger partial charge in [0.05, 0.1) is 5.60 Å². The predicted molar refractivity (Wildman–Crippen MR) is 55.8 cm³/mol. The Morgan fingerprint density at radius 1 is 1.00 bits per heavy atom. The maximum Gasteiger partial charge on any atom is 0.389 e. The molecule has 0 heterocycles.